The number of thiazole rings is 1. The van der Waals surface area contributed by atoms with Gasteiger partial charge in [0.1, 0.15) is 0 Å². The van der Waals surface area contributed by atoms with Crippen LogP contribution in [-0.2, 0) is 13.0 Å². The molecule has 16 heavy (non-hydrogen) atoms. The molecule has 0 radical (unpaired) electrons. The molecule has 1 N–H and O–H groups in total. The highest BCUT2D eigenvalue weighted by Crippen LogP contribution is 2.18. The highest BCUT2D eigenvalue weighted by molar-refractivity contribution is 7.09. The first-order chi connectivity index (χ1) is 7.81. The largest absolute Gasteiger partial charge is 0.380 e. The molecule has 0 aliphatic carbocycles. The summed E-state index contributed by atoms with van der Waals surface area (Å²) in [6.07, 6.45) is 1.06. The summed E-state index contributed by atoms with van der Waals surface area (Å²) in [6.45, 7) is 5.10. The van der Waals surface area contributed by atoms with Crippen molar-refractivity contribution in [1.29, 1.82) is 0 Å². The summed E-state index contributed by atoms with van der Waals surface area (Å²) in [5, 5.41) is 3.48. The Labute approximate surface area is 100 Å². The number of para-hydroxylation sites is 1. The molecule has 0 spiro atoms. The van der Waals surface area contributed by atoms with Crippen LogP contribution in [0.25, 0.3) is 0 Å². The molecule has 2 aromatic rings. The molecule has 0 atom stereocenters. The Morgan fingerprint density at radius 1 is 1.31 bits per heavy atom. The zero-order valence-electron chi connectivity index (χ0n) is 9.66. The highest BCUT2D eigenvalue weighted by Gasteiger charge is 2.02. The van der Waals surface area contributed by atoms with Gasteiger partial charge in [0.2, 0.25) is 0 Å². The molecule has 0 amide bonds. The lowest BCUT2D eigenvalue weighted by atomic mass is 10.1. The van der Waals surface area contributed by atoms with Crippen molar-refractivity contribution in [2.24, 2.45) is 0 Å². The van der Waals surface area contributed by atoms with Gasteiger partial charge in [-0.2, -0.15) is 0 Å². The van der Waals surface area contributed by atoms with Gasteiger partial charge >= 0.3 is 0 Å². The SMILES string of the molecule is CCc1ccccc1NCc1scnc1C. The molecular weight excluding hydrogens is 216 g/mol. The van der Waals surface area contributed by atoms with Crippen LogP contribution in [0.5, 0.6) is 0 Å². The number of nitrogens with zero attached hydrogens (tertiary/aromatic N) is 1. The quantitative estimate of drug-likeness (QED) is 0.870. The van der Waals surface area contributed by atoms with E-state index in [4.69, 9.17) is 0 Å². The van der Waals surface area contributed by atoms with Gasteiger partial charge in [-0.3, -0.25) is 0 Å². The number of aromatic nitrogens is 1. The van der Waals surface area contributed by atoms with Crippen LogP contribution in [0.3, 0.4) is 0 Å². The van der Waals surface area contributed by atoms with Crippen LogP contribution in [0.1, 0.15) is 23.1 Å². The lowest BCUT2D eigenvalue weighted by Crippen LogP contribution is -2.01. The Bertz CT molecular complexity index is 462. The first-order valence-electron chi connectivity index (χ1n) is 5.52. The van der Waals surface area contributed by atoms with Gasteiger partial charge in [-0.15, -0.1) is 11.3 Å². The summed E-state index contributed by atoms with van der Waals surface area (Å²) in [6, 6.07) is 8.46. The van der Waals surface area contributed by atoms with Crippen LogP contribution in [-0.4, -0.2) is 4.98 Å². The van der Waals surface area contributed by atoms with Gasteiger partial charge in [0.05, 0.1) is 17.7 Å². The number of anilines is 1. The predicted molar refractivity (Wildman–Crippen MR) is 70.0 cm³/mol. The summed E-state index contributed by atoms with van der Waals surface area (Å²) in [5.74, 6) is 0. The molecule has 3 heteroatoms. The van der Waals surface area contributed by atoms with Crippen LogP contribution in [0.15, 0.2) is 29.8 Å². The monoisotopic (exact) mass is 232 g/mol. The van der Waals surface area contributed by atoms with Crippen molar-refractivity contribution in [3.8, 4) is 0 Å². The molecule has 1 aromatic carbocycles. The molecular formula is C13H16N2S. The van der Waals surface area contributed by atoms with Crippen molar-refractivity contribution in [3.05, 3.63) is 45.9 Å². The summed E-state index contributed by atoms with van der Waals surface area (Å²) < 4.78 is 0. The zero-order chi connectivity index (χ0) is 11.4. The molecule has 0 aliphatic rings. The molecule has 1 heterocycles. The number of hydrogen-bond donors (Lipinski definition) is 1. The van der Waals surface area contributed by atoms with Crippen molar-refractivity contribution >= 4 is 17.0 Å². The summed E-state index contributed by atoms with van der Waals surface area (Å²) in [4.78, 5) is 5.56. The van der Waals surface area contributed by atoms with Crippen molar-refractivity contribution < 1.29 is 0 Å². The average molecular weight is 232 g/mol. The van der Waals surface area contributed by atoms with Crippen LogP contribution in [0.2, 0.25) is 0 Å². The zero-order valence-corrected chi connectivity index (χ0v) is 10.5. The summed E-state index contributed by atoms with van der Waals surface area (Å²) >= 11 is 1.71. The molecule has 2 rings (SSSR count). The standard InChI is InChI=1S/C13H16N2S/c1-3-11-6-4-5-7-12(11)14-8-13-10(2)15-9-16-13/h4-7,9,14H,3,8H2,1-2H3. The van der Waals surface area contributed by atoms with E-state index in [-0.39, 0.29) is 0 Å². The van der Waals surface area contributed by atoms with Crippen LogP contribution >= 0.6 is 11.3 Å². The number of rotatable bonds is 4. The predicted octanol–water partition coefficient (Wildman–Crippen LogP) is 3.63. The van der Waals surface area contributed by atoms with Crippen LogP contribution < -0.4 is 5.32 Å². The van der Waals surface area contributed by atoms with Gasteiger partial charge in [0, 0.05) is 10.6 Å². The second-order valence-electron chi connectivity index (χ2n) is 3.73. The minimum absolute atomic E-state index is 0.869. The molecule has 2 nitrogen and oxygen atoms in total. The van der Waals surface area contributed by atoms with Gasteiger partial charge in [0.15, 0.2) is 0 Å². The van der Waals surface area contributed by atoms with Crippen molar-refractivity contribution in [1.82, 2.24) is 4.98 Å². The van der Waals surface area contributed by atoms with E-state index in [1.807, 2.05) is 5.51 Å². The normalized spacial score (nSPS) is 10.4. The Morgan fingerprint density at radius 3 is 2.81 bits per heavy atom. The smallest absolute Gasteiger partial charge is 0.0798 e. The molecule has 0 saturated carbocycles. The third kappa shape index (κ3) is 2.42. The Balaban J connectivity index is 2.07. The number of benzene rings is 1. The fourth-order valence-corrected chi connectivity index (χ4v) is 2.39. The molecule has 1 aromatic heterocycles. The minimum atomic E-state index is 0.869. The van der Waals surface area contributed by atoms with E-state index in [2.05, 4.69) is 48.4 Å². The average Bonchev–Trinajstić information content (AvgIpc) is 2.72. The molecule has 0 bridgehead atoms. The van der Waals surface area contributed by atoms with E-state index >= 15 is 0 Å². The van der Waals surface area contributed by atoms with E-state index in [9.17, 15) is 0 Å². The molecule has 0 saturated heterocycles. The lowest BCUT2D eigenvalue weighted by Gasteiger charge is -2.09. The minimum Gasteiger partial charge on any atom is -0.380 e. The fraction of sp³-hybridized carbons (Fsp3) is 0.308. The Morgan fingerprint density at radius 2 is 2.12 bits per heavy atom. The first kappa shape index (κ1) is 11.1. The third-order valence-electron chi connectivity index (χ3n) is 2.68. The lowest BCUT2D eigenvalue weighted by molar-refractivity contribution is 1.08. The highest BCUT2D eigenvalue weighted by atomic mass is 32.1. The maximum absolute atomic E-state index is 4.25. The Hall–Kier alpha value is -1.35. The molecule has 84 valence electrons. The summed E-state index contributed by atoms with van der Waals surface area (Å²) in [5.41, 5.74) is 5.63. The van der Waals surface area contributed by atoms with Crippen molar-refractivity contribution in [2.75, 3.05) is 5.32 Å². The van der Waals surface area contributed by atoms with E-state index < -0.39 is 0 Å². The second-order valence-corrected chi connectivity index (χ2v) is 4.66. The molecule has 0 aliphatic heterocycles. The van der Waals surface area contributed by atoms with Gasteiger partial charge in [-0.1, -0.05) is 25.1 Å². The number of aryl methyl sites for hydroxylation is 2. The maximum Gasteiger partial charge on any atom is 0.0798 e. The van der Waals surface area contributed by atoms with Gasteiger partial charge in [0.25, 0.3) is 0 Å². The van der Waals surface area contributed by atoms with Crippen molar-refractivity contribution in [2.45, 2.75) is 26.8 Å². The van der Waals surface area contributed by atoms with Gasteiger partial charge in [-0.25, -0.2) is 4.98 Å². The maximum atomic E-state index is 4.25. The third-order valence-corrected chi connectivity index (χ3v) is 3.62. The van der Waals surface area contributed by atoms with Gasteiger partial charge < -0.3 is 5.32 Å². The fourth-order valence-electron chi connectivity index (χ4n) is 1.67. The van der Waals surface area contributed by atoms with Crippen LogP contribution in [0.4, 0.5) is 5.69 Å². The topological polar surface area (TPSA) is 24.9 Å². The van der Waals surface area contributed by atoms with Crippen LogP contribution in [0, 0.1) is 6.92 Å². The Kier molecular flexibility index (Phi) is 3.57. The van der Waals surface area contributed by atoms with Gasteiger partial charge in [-0.05, 0) is 25.0 Å². The van der Waals surface area contributed by atoms with E-state index in [0.29, 0.717) is 0 Å². The second kappa shape index (κ2) is 5.12. The van der Waals surface area contributed by atoms with E-state index in [0.717, 1.165) is 18.7 Å². The molecule has 0 fully saturated rings. The number of nitrogens with one attached hydrogen (secondary N) is 1. The van der Waals surface area contributed by atoms with E-state index in [1.54, 1.807) is 11.3 Å². The first-order valence-corrected chi connectivity index (χ1v) is 6.40. The van der Waals surface area contributed by atoms with E-state index in [1.165, 1.54) is 16.1 Å². The number of hydrogen-bond acceptors (Lipinski definition) is 3. The molecule has 0 unspecified atom stereocenters. The van der Waals surface area contributed by atoms with Crippen molar-refractivity contribution in [3.63, 3.8) is 0 Å². The summed E-state index contributed by atoms with van der Waals surface area (Å²) in [7, 11) is 0.